The normalized spacial score (nSPS) is 20.6. The van der Waals surface area contributed by atoms with E-state index in [9.17, 15) is 0 Å². The lowest BCUT2D eigenvalue weighted by Crippen LogP contribution is -2.43. The molecule has 10 aromatic carbocycles. The van der Waals surface area contributed by atoms with E-state index in [0.717, 1.165) is 17.1 Å². The van der Waals surface area contributed by atoms with Crippen LogP contribution in [0.15, 0.2) is 261 Å². The Balaban J connectivity index is 0.889. The molecular weight excluding hydrogens is 933 g/mol. The van der Waals surface area contributed by atoms with Gasteiger partial charge in [-0.25, -0.2) is 0 Å². The SMILES string of the molecule is C1=c2c(n(-c3ccc4c(c3)c3ccccc3n4-c3ccccc3)c3ccccc23)=CC2C1c1ccccc1C21c2ccccc2C2/C=C/c3ccccc3N(c3ccc4c(c3)c3ccccc3n4-c3ccccc3)/C=C/C21. The highest BCUT2D eigenvalue weighted by molar-refractivity contribution is 6.11. The van der Waals surface area contributed by atoms with Crippen molar-refractivity contribution in [3.63, 3.8) is 0 Å². The molecule has 5 unspecified atom stereocenters. The third-order valence-corrected chi connectivity index (χ3v) is 18.0. The number of nitrogens with zero attached hydrogens (tertiary/aromatic N) is 4. The van der Waals surface area contributed by atoms with Crippen LogP contribution in [0.4, 0.5) is 11.4 Å². The quantitative estimate of drug-likeness (QED) is 0.172. The standard InChI is InChI=1S/C73H50N4/c1-3-20-48(21-4-1)75-67-32-16-10-26-55(67)59-43-50(36-39-70(59)75)74-42-41-64-54(38-35-47-19-7-15-31-66(47)74)52-24-8-13-29-62(52)73(64)63-30-14-9-25-53(63)58-45-61-57-28-12-18-34-69(57)77(72(61)46-65(58)73)51-37-40-71-60(44-51)56-27-11-17-33-68(56)76(71)49-22-5-2-6-23-49/h1-46,54,58,64-65H/b38-35+,42-41+. The summed E-state index contributed by atoms with van der Waals surface area (Å²) < 4.78 is 7.39. The highest BCUT2D eigenvalue weighted by Gasteiger charge is 2.61. The van der Waals surface area contributed by atoms with Crippen LogP contribution >= 0.6 is 0 Å². The van der Waals surface area contributed by atoms with Gasteiger partial charge in [-0.05, 0) is 113 Å². The average molecular weight is 983 g/mol. The highest BCUT2D eigenvalue weighted by atomic mass is 15.1. The van der Waals surface area contributed by atoms with E-state index in [-0.39, 0.29) is 29.1 Å². The first-order valence-electron chi connectivity index (χ1n) is 27.2. The van der Waals surface area contributed by atoms with Gasteiger partial charge in [0.05, 0.1) is 38.6 Å². The summed E-state index contributed by atoms with van der Waals surface area (Å²) in [6.45, 7) is 0. The molecule has 13 aromatic rings. The second-order valence-corrected chi connectivity index (χ2v) is 21.5. The van der Waals surface area contributed by atoms with Crippen molar-refractivity contribution >= 4 is 84.1 Å². The number of allylic oxidation sites excluding steroid dienone is 2. The minimum absolute atomic E-state index is 0.0809. The topological polar surface area (TPSA) is 18.0 Å². The number of benzene rings is 10. The molecule has 3 aromatic heterocycles. The highest BCUT2D eigenvalue weighted by Crippen LogP contribution is 2.67. The maximum Gasteiger partial charge on any atom is 0.0542 e. The number of fused-ring (bicyclic) bond motifs is 20. The van der Waals surface area contributed by atoms with Crippen LogP contribution in [-0.4, -0.2) is 13.7 Å². The molecule has 0 fully saturated rings. The van der Waals surface area contributed by atoms with E-state index in [0.29, 0.717) is 0 Å². The minimum Gasteiger partial charge on any atom is -0.317 e. The van der Waals surface area contributed by atoms with Crippen LogP contribution in [0.5, 0.6) is 0 Å². The lowest BCUT2D eigenvalue weighted by molar-refractivity contribution is 0.330. The molecule has 0 bridgehead atoms. The van der Waals surface area contributed by atoms with Crippen LogP contribution in [0, 0.1) is 11.8 Å². The zero-order valence-corrected chi connectivity index (χ0v) is 42.2. The van der Waals surface area contributed by atoms with Gasteiger partial charge in [0.15, 0.2) is 0 Å². The summed E-state index contributed by atoms with van der Waals surface area (Å²) in [4.78, 5) is 2.46. The minimum atomic E-state index is -0.388. The molecule has 0 radical (unpaired) electrons. The van der Waals surface area contributed by atoms with Crippen LogP contribution in [-0.2, 0) is 5.41 Å². The van der Waals surface area contributed by atoms with Crippen LogP contribution in [0.1, 0.15) is 39.7 Å². The Hall–Kier alpha value is -9.64. The molecule has 1 aliphatic heterocycles. The molecule has 3 aliphatic carbocycles. The first-order chi connectivity index (χ1) is 38.2. The predicted octanol–water partition coefficient (Wildman–Crippen LogP) is 16.2. The molecule has 5 atom stereocenters. The summed E-state index contributed by atoms with van der Waals surface area (Å²) in [5.41, 5.74) is 18.4. The molecule has 4 aliphatic rings. The van der Waals surface area contributed by atoms with Gasteiger partial charge in [-0.15, -0.1) is 0 Å². The summed E-state index contributed by atoms with van der Waals surface area (Å²) in [7, 11) is 0. The van der Waals surface area contributed by atoms with Crippen molar-refractivity contribution in [2.75, 3.05) is 4.90 Å². The predicted molar refractivity (Wildman–Crippen MR) is 319 cm³/mol. The Morgan fingerprint density at radius 2 is 0.844 bits per heavy atom. The van der Waals surface area contributed by atoms with E-state index in [1.54, 1.807) is 0 Å². The second kappa shape index (κ2) is 16.2. The molecular formula is C73H50N4. The zero-order valence-electron chi connectivity index (χ0n) is 42.2. The Bertz CT molecular complexity index is 4800. The van der Waals surface area contributed by atoms with Gasteiger partial charge < -0.3 is 18.6 Å². The van der Waals surface area contributed by atoms with Crippen LogP contribution < -0.4 is 15.5 Å². The van der Waals surface area contributed by atoms with Crippen LogP contribution in [0.2, 0.25) is 0 Å². The third kappa shape index (κ3) is 5.87. The Morgan fingerprint density at radius 1 is 0.338 bits per heavy atom. The third-order valence-electron chi connectivity index (χ3n) is 18.0. The summed E-state index contributed by atoms with van der Waals surface area (Å²) in [5, 5.41) is 8.85. The second-order valence-electron chi connectivity index (χ2n) is 21.5. The molecule has 362 valence electrons. The van der Waals surface area contributed by atoms with E-state index in [1.807, 2.05) is 0 Å². The molecule has 17 rings (SSSR count). The first kappa shape index (κ1) is 42.7. The average Bonchev–Trinajstić information content (AvgIpc) is 4.45. The molecule has 4 heteroatoms. The number of para-hydroxylation sites is 6. The van der Waals surface area contributed by atoms with E-state index in [2.05, 4.69) is 298 Å². The van der Waals surface area contributed by atoms with Gasteiger partial charge >= 0.3 is 0 Å². The smallest absolute Gasteiger partial charge is 0.0542 e. The van der Waals surface area contributed by atoms with Crippen molar-refractivity contribution in [3.05, 3.63) is 299 Å². The maximum atomic E-state index is 2.71. The number of hydrogen-bond donors (Lipinski definition) is 0. The van der Waals surface area contributed by atoms with Crippen molar-refractivity contribution in [1.29, 1.82) is 0 Å². The fraction of sp³-hybridized carbons (Fsp3) is 0.0685. The van der Waals surface area contributed by atoms with Crippen molar-refractivity contribution < 1.29 is 0 Å². The molecule has 0 saturated carbocycles. The van der Waals surface area contributed by atoms with Gasteiger partial charge in [-0.3, -0.25) is 0 Å². The summed E-state index contributed by atoms with van der Waals surface area (Å²) in [6, 6.07) is 90.3. The largest absolute Gasteiger partial charge is 0.317 e. The van der Waals surface area contributed by atoms with E-state index in [1.165, 1.54) is 104 Å². The van der Waals surface area contributed by atoms with Crippen molar-refractivity contribution in [3.8, 4) is 17.1 Å². The zero-order chi connectivity index (χ0) is 50.3. The Kier molecular flexibility index (Phi) is 8.97. The molecule has 4 heterocycles. The maximum absolute atomic E-state index is 2.71. The molecule has 1 spiro atoms. The summed E-state index contributed by atoms with van der Waals surface area (Å²) in [6.07, 6.45) is 15.3. The van der Waals surface area contributed by atoms with Gasteiger partial charge in [0, 0.05) is 90.2 Å². The van der Waals surface area contributed by atoms with Gasteiger partial charge in [-0.2, -0.15) is 0 Å². The number of hydrogen-bond acceptors (Lipinski definition) is 1. The van der Waals surface area contributed by atoms with Crippen LogP contribution in [0.25, 0.3) is 89.8 Å². The van der Waals surface area contributed by atoms with Gasteiger partial charge in [0.2, 0.25) is 0 Å². The molecule has 0 N–H and O–H groups in total. The van der Waals surface area contributed by atoms with Crippen molar-refractivity contribution in [2.45, 2.75) is 17.3 Å². The van der Waals surface area contributed by atoms with E-state index >= 15 is 0 Å². The molecule has 0 saturated heterocycles. The molecule has 4 nitrogen and oxygen atoms in total. The number of anilines is 2. The number of aromatic nitrogens is 3. The summed E-state index contributed by atoms with van der Waals surface area (Å²) in [5.74, 6) is 0.486. The number of rotatable bonds is 4. The van der Waals surface area contributed by atoms with Gasteiger partial charge in [-0.1, -0.05) is 188 Å². The van der Waals surface area contributed by atoms with E-state index < -0.39 is 0 Å². The van der Waals surface area contributed by atoms with Gasteiger partial charge in [0.1, 0.15) is 0 Å². The monoisotopic (exact) mass is 982 g/mol. The van der Waals surface area contributed by atoms with Crippen LogP contribution in [0.3, 0.4) is 0 Å². The van der Waals surface area contributed by atoms with Gasteiger partial charge in [0.25, 0.3) is 0 Å². The lowest BCUT2D eigenvalue weighted by atomic mass is 9.62. The Morgan fingerprint density at radius 3 is 1.51 bits per heavy atom. The fourth-order valence-corrected chi connectivity index (χ4v) is 15.0. The fourth-order valence-electron chi connectivity index (χ4n) is 15.0. The summed E-state index contributed by atoms with van der Waals surface area (Å²) >= 11 is 0. The van der Waals surface area contributed by atoms with Crippen molar-refractivity contribution in [1.82, 2.24) is 13.7 Å². The Labute approximate surface area is 445 Å². The van der Waals surface area contributed by atoms with Crippen molar-refractivity contribution in [2.24, 2.45) is 11.8 Å². The molecule has 0 amide bonds. The first-order valence-corrected chi connectivity index (χ1v) is 27.2. The lowest BCUT2D eigenvalue weighted by Gasteiger charge is -2.40. The molecule has 77 heavy (non-hydrogen) atoms. The van der Waals surface area contributed by atoms with E-state index in [4.69, 9.17) is 0 Å².